The number of nitrogens with one attached hydrogen (secondary N) is 1. The smallest absolute Gasteiger partial charge is 0.337 e. The lowest BCUT2D eigenvalue weighted by Crippen LogP contribution is -2.34. The molecule has 4 nitrogen and oxygen atoms in total. The van der Waals surface area contributed by atoms with E-state index in [-0.39, 0.29) is 5.56 Å². The Morgan fingerprint density at radius 1 is 1.24 bits per heavy atom. The van der Waals surface area contributed by atoms with Crippen molar-refractivity contribution in [2.45, 2.75) is 31.8 Å². The van der Waals surface area contributed by atoms with E-state index in [0.717, 1.165) is 25.0 Å². The second-order valence-electron chi connectivity index (χ2n) is 5.43. The van der Waals surface area contributed by atoms with Crippen LogP contribution in [0.2, 0.25) is 0 Å². The number of fused-ring (bicyclic) bond motifs is 1. The quantitative estimate of drug-likeness (QED) is 0.904. The van der Waals surface area contributed by atoms with Crippen LogP contribution in [0.25, 0.3) is 0 Å². The fraction of sp³-hybridized carbons (Fsp3) is 0.294. The summed E-state index contributed by atoms with van der Waals surface area (Å²) in [5.41, 5.74) is 3.99. The molecule has 0 bridgehead atoms. The lowest BCUT2D eigenvalue weighted by atomic mass is 9.88. The molecule has 0 saturated carbocycles. The maximum Gasteiger partial charge on any atom is 0.337 e. The number of pyridine rings is 1. The number of aromatic carboxylic acids is 1. The van der Waals surface area contributed by atoms with E-state index in [4.69, 9.17) is 5.11 Å². The molecule has 2 N–H and O–H groups in total. The van der Waals surface area contributed by atoms with Crippen LogP contribution in [0.3, 0.4) is 0 Å². The molecule has 0 aliphatic heterocycles. The number of benzene rings is 1. The Balaban J connectivity index is 1.57. The first-order valence-electron chi connectivity index (χ1n) is 7.21. The highest BCUT2D eigenvalue weighted by Crippen LogP contribution is 2.21. The third-order valence-electron chi connectivity index (χ3n) is 3.99. The molecule has 1 aromatic carbocycles. The standard InChI is InChI=1S/C17H18N2O2/c20-17(21)14-6-8-16(18-10-14)11-19-15-7-5-12-3-1-2-4-13(12)9-15/h1-4,6,8,10,15,19H,5,7,9,11H2,(H,20,21). The van der Waals surface area contributed by atoms with E-state index in [2.05, 4.69) is 34.6 Å². The third-order valence-corrected chi connectivity index (χ3v) is 3.99. The van der Waals surface area contributed by atoms with Crippen LogP contribution >= 0.6 is 0 Å². The number of carboxylic acid groups (broad SMARTS) is 1. The summed E-state index contributed by atoms with van der Waals surface area (Å²) in [6.07, 6.45) is 4.70. The van der Waals surface area contributed by atoms with E-state index in [1.54, 1.807) is 12.1 Å². The Bertz CT molecular complexity index is 637. The summed E-state index contributed by atoms with van der Waals surface area (Å²) in [6.45, 7) is 0.673. The zero-order valence-corrected chi connectivity index (χ0v) is 11.7. The average Bonchev–Trinajstić information content (AvgIpc) is 2.53. The first kappa shape index (κ1) is 13.8. The van der Waals surface area contributed by atoms with Gasteiger partial charge in [-0.25, -0.2) is 4.79 Å². The zero-order valence-electron chi connectivity index (χ0n) is 11.7. The summed E-state index contributed by atoms with van der Waals surface area (Å²) >= 11 is 0. The number of hydrogen-bond acceptors (Lipinski definition) is 3. The molecule has 0 radical (unpaired) electrons. The van der Waals surface area contributed by atoms with Gasteiger partial charge in [-0.3, -0.25) is 4.98 Å². The van der Waals surface area contributed by atoms with E-state index in [1.165, 1.54) is 17.3 Å². The fourth-order valence-electron chi connectivity index (χ4n) is 2.78. The highest BCUT2D eigenvalue weighted by molar-refractivity contribution is 5.87. The highest BCUT2D eigenvalue weighted by atomic mass is 16.4. The van der Waals surface area contributed by atoms with Crippen LogP contribution in [0.4, 0.5) is 0 Å². The fourth-order valence-corrected chi connectivity index (χ4v) is 2.78. The van der Waals surface area contributed by atoms with Gasteiger partial charge in [0.1, 0.15) is 0 Å². The summed E-state index contributed by atoms with van der Waals surface area (Å²) in [7, 11) is 0. The topological polar surface area (TPSA) is 62.2 Å². The predicted molar refractivity (Wildman–Crippen MR) is 80.3 cm³/mol. The van der Waals surface area contributed by atoms with Crippen LogP contribution in [-0.4, -0.2) is 22.1 Å². The molecule has 1 aliphatic carbocycles. The highest BCUT2D eigenvalue weighted by Gasteiger charge is 2.17. The van der Waals surface area contributed by atoms with Crippen LogP contribution in [0, 0.1) is 0 Å². The van der Waals surface area contributed by atoms with Crippen molar-refractivity contribution in [3.05, 3.63) is 65.0 Å². The number of rotatable bonds is 4. The van der Waals surface area contributed by atoms with Crippen molar-refractivity contribution in [2.24, 2.45) is 0 Å². The van der Waals surface area contributed by atoms with Gasteiger partial charge in [0.15, 0.2) is 0 Å². The van der Waals surface area contributed by atoms with Crippen LogP contribution < -0.4 is 5.32 Å². The molecule has 1 atom stereocenters. The van der Waals surface area contributed by atoms with Gasteiger partial charge in [0.25, 0.3) is 0 Å². The summed E-state index contributed by atoms with van der Waals surface area (Å²) in [5, 5.41) is 12.4. The van der Waals surface area contributed by atoms with Crippen LogP contribution in [0.1, 0.15) is 33.6 Å². The number of nitrogens with zero attached hydrogens (tertiary/aromatic N) is 1. The van der Waals surface area contributed by atoms with E-state index >= 15 is 0 Å². The van der Waals surface area contributed by atoms with Gasteiger partial charge in [-0.2, -0.15) is 0 Å². The van der Waals surface area contributed by atoms with Gasteiger partial charge in [-0.05, 0) is 42.5 Å². The molecule has 108 valence electrons. The van der Waals surface area contributed by atoms with Gasteiger partial charge >= 0.3 is 5.97 Å². The van der Waals surface area contributed by atoms with Crippen molar-refractivity contribution in [3.63, 3.8) is 0 Å². The molecule has 1 heterocycles. The molecule has 2 aromatic rings. The van der Waals surface area contributed by atoms with Crippen LogP contribution in [-0.2, 0) is 19.4 Å². The monoisotopic (exact) mass is 282 g/mol. The van der Waals surface area contributed by atoms with E-state index in [9.17, 15) is 4.79 Å². The first-order chi connectivity index (χ1) is 10.2. The lowest BCUT2D eigenvalue weighted by molar-refractivity contribution is 0.0696. The minimum atomic E-state index is -0.939. The number of aryl methyl sites for hydroxylation is 1. The summed E-state index contributed by atoms with van der Waals surface area (Å²) < 4.78 is 0. The number of aromatic nitrogens is 1. The largest absolute Gasteiger partial charge is 0.478 e. The molecule has 0 spiro atoms. The Morgan fingerprint density at radius 2 is 2.05 bits per heavy atom. The molecular formula is C17H18N2O2. The lowest BCUT2D eigenvalue weighted by Gasteiger charge is -2.25. The van der Waals surface area contributed by atoms with Gasteiger partial charge < -0.3 is 10.4 Å². The van der Waals surface area contributed by atoms with Crippen molar-refractivity contribution in [1.29, 1.82) is 0 Å². The maximum absolute atomic E-state index is 10.8. The third kappa shape index (κ3) is 3.28. The second kappa shape index (κ2) is 6.06. The number of hydrogen-bond donors (Lipinski definition) is 2. The summed E-state index contributed by atoms with van der Waals surface area (Å²) in [6, 6.07) is 12.4. The molecule has 1 unspecified atom stereocenters. The molecule has 21 heavy (non-hydrogen) atoms. The van der Waals surface area contributed by atoms with Gasteiger partial charge in [0.05, 0.1) is 11.3 Å². The summed E-state index contributed by atoms with van der Waals surface area (Å²) in [4.78, 5) is 15.0. The SMILES string of the molecule is O=C(O)c1ccc(CNC2CCc3ccccc3C2)nc1. The van der Waals surface area contributed by atoms with Crippen molar-refractivity contribution in [2.75, 3.05) is 0 Å². The maximum atomic E-state index is 10.8. The molecule has 0 fully saturated rings. The van der Waals surface area contributed by atoms with Crippen molar-refractivity contribution < 1.29 is 9.90 Å². The van der Waals surface area contributed by atoms with Crippen molar-refractivity contribution in [1.82, 2.24) is 10.3 Å². The Hall–Kier alpha value is -2.20. The van der Waals surface area contributed by atoms with E-state index < -0.39 is 5.97 Å². The van der Waals surface area contributed by atoms with E-state index in [0.29, 0.717) is 12.6 Å². The molecule has 4 heteroatoms. The Labute approximate surface area is 123 Å². The Morgan fingerprint density at radius 3 is 2.76 bits per heavy atom. The second-order valence-corrected chi connectivity index (χ2v) is 5.43. The van der Waals surface area contributed by atoms with E-state index in [1.807, 2.05) is 0 Å². The van der Waals surface area contributed by atoms with Gasteiger partial charge in [-0.1, -0.05) is 24.3 Å². The molecule has 1 aromatic heterocycles. The molecule has 1 aliphatic rings. The van der Waals surface area contributed by atoms with Crippen molar-refractivity contribution in [3.8, 4) is 0 Å². The predicted octanol–water partition coefficient (Wildman–Crippen LogP) is 2.43. The van der Waals surface area contributed by atoms with Gasteiger partial charge in [0.2, 0.25) is 0 Å². The van der Waals surface area contributed by atoms with Crippen LogP contribution in [0.5, 0.6) is 0 Å². The zero-order chi connectivity index (χ0) is 14.7. The minimum Gasteiger partial charge on any atom is -0.478 e. The minimum absolute atomic E-state index is 0.227. The molecule has 0 amide bonds. The van der Waals surface area contributed by atoms with Gasteiger partial charge in [0, 0.05) is 18.8 Å². The van der Waals surface area contributed by atoms with Crippen LogP contribution in [0.15, 0.2) is 42.6 Å². The van der Waals surface area contributed by atoms with Gasteiger partial charge in [-0.15, -0.1) is 0 Å². The summed E-state index contributed by atoms with van der Waals surface area (Å²) in [5.74, 6) is -0.939. The molecule has 3 rings (SSSR count). The normalized spacial score (nSPS) is 17.2. The molecular weight excluding hydrogens is 264 g/mol. The average molecular weight is 282 g/mol. The Kier molecular flexibility index (Phi) is 3.97. The number of carbonyl (C=O) groups is 1. The van der Waals surface area contributed by atoms with Crippen molar-refractivity contribution >= 4 is 5.97 Å². The first-order valence-corrected chi connectivity index (χ1v) is 7.21. The molecule has 0 saturated heterocycles. The number of carboxylic acids is 1.